The van der Waals surface area contributed by atoms with Gasteiger partial charge in [0.2, 0.25) is 6.79 Å². The van der Waals surface area contributed by atoms with Gasteiger partial charge < -0.3 is 9.47 Å². The molecule has 0 saturated heterocycles. The summed E-state index contributed by atoms with van der Waals surface area (Å²) in [5.74, 6) is 0.820. The Morgan fingerprint density at radius 1 is 0.842 bits per heavy atom. The fourth-order valence-corrected chi connectivity index (χ4v) is 2.57. The molecule has 0 radical (unpaired) electrons. The summed E-state index contributed by atoms with van der Waals surface area (Å²) in [6.07, 6.45) is 0.702. The molecule has 4 nitrogen and oxygen atoms in total. The largest absolute Gasteiger partial charge is 0.428 e. The van der Waals surface area contributed by atoms with Crippen molar-refractivity contribution in [3.8, 4) is 0 Å². The summed E-state index contributed by atoms with van der Waals surface area (Å²) < 4.78 is 9.64. The van der Waals surface area contributed by atoms with Gasteiger partial charge in [-0.05, 0) is 10.5 Å². The first kappa shape index (κ1) is 18.6. The van der Waals surface area contributed by atoms with Gasteiger partial charge >= 0.3 is 11.9 Å². The molecule has 0 N–H and O–H groups in total. The SMILES string of the molecule is CC(C)SCCC(=O)OCOC(=O)CCSC(C)C. The summed E-state index contributed by atoms with van der Waals surface area (Å²) in [6.45, 7) is 8.04. The van der Waals surface area contributed by atoms with E-state index >= 15 is 0 Å². The van der Waals surface area contributed by atoms with Gasteiger partial charge in [0, 0.05) is 11.5 Å². The fourth-order valence-electron chi connectivity index (χ4n) is 1.06. The van der Waals surface area contributed by atoms with Crippen LogP contribution in [0.3, 0.4) is 0 Å². The normalized spacial score (nSPS) is 10.8. The number of ether oxygens (including phenoxy) is 2. The molecule has 6 heteroatoms. The standard InChI is InChI=1S/C13H24O4S2/c1-10(2)18-7-5-12(14)16-9-17-13(15)6-8-19-11(3)4/h10-11H,5-9H2,1-4H3. The van der Waals surface area contributed by atoms with E-state index in [0.29, 0.717) is 23.3 Å². The van der Waals surface area contributed by atoms with E-state index in [-0.39, 0.29) is 18.7 Å². The molecule has 0 aromatic heterocycles. The molecular formula is C13H24O4S2. The number of hydrogen-bond acceptors (Lipinski definition) is 6. The van der Waals surface area contributed by atoms with Crippen molar-refractivity contribution in [3.05, 3.63) is 0 Å². The third-order valence-corrected chi connectivity index (χ3v) is 4.17. The van der Waals surface area contributed by atoms with Crippen molar-refractivity contribution in [1.29, 1.82) is 0 Å². The van der Waals surface area contributed by atoms with Crippen LogP contribution in [0, 0.1) is 0 Å². The second kappa shape index (κ2) is 11.5. The Kier molecular flexibility index (Phi) is 11.2. The summed E-state index contributed by atoms with van der Waals surface area (Å²) >= 11 is 3.40. The van der Waals surface area contributed by atoms with Crippen molar-refractivity contribution in [3.63, 3.8) is 0 Å². The Hall–Kier alpha value is -0.360. The minimum Gasteiger partial charge on any atom is -0.428 e. The summed E-state index contributed by atoms with van der Waals surface area (Å²) in [5.41, 5.74) is 0. The highest BCUT2D eigenvalue weighted by Crippen LogP contribution is 2.11. The number of carbonyl (C=O) groups excluding carboxylic acids is 2. The predicted molar refractivity (Wildman–Crippen MR) is 81.5 cm³/mol. The Bertz CT molecular complexity index is 241. The quantitative estimate of drug-likeness (QED) is 0.456. The van der Waals surface area contributed by atoms with Crippen molar-refractivity contribution < 1.29 is 19.1 Å². The van der Waals surface area contributed by atoms with Gasteiger partial charge in [-0.1, -0.05) is 27.7 Å². The molecule has 0 aliphatic rings. The summed E-state index contributed by atoms with van der Waals surface area (Å²) in [5, 5.41) is 1.01. The third-order valence-electron chi connectivity index (χ3n) is 1.95. The molecule has 0 unspecified atom stereocenters. The average Bonchev–Trinajstić information content (AvgIpc) is 2.27. The van der Waals surface area contributed by atoms with Crippen LogP contribution in [0.4, 0.5) is 0 Å². The first-order chi connectivity index (χ1) is 8.91. The zero-order valence-corrected chi connectivity index (χ0v) is 13.8. The lowest BCUT2D eigenvalue weighted by Crippen LogP contribution is -2.14. The Labute approximate surface area is 124 Å². The Balaban J connectivity index is 3.45. The van der Waals surface area contributed by atoms with Crippen molar-refractivity contribution in [2.75, 3.05) is 18.3 Å². The van der Waals surface area contributed by atoms with E-state index in [1.807, 2.05) is 0 Å². The maximum atomic E-state index is 11.3. The molecule has 0 aliphatic carbocycles. The fraction of sp³-hybridized carbons (Fsp3) is 0.846. The Morgan fingerprint density at radius 3 is 1.53 bits per heavy atom. The van der Waals surface area contributed by atoms with Crippen LogP contribution in [0.15, 0.2) is 0 Å². The van der Waals surface area contributed by atoms with Gasteiger partial charge in [0.15, 0.2) is 0 Å². The first-order valence-electron chi connectivity index (χ1n) is 6.46. The van der Waals surface area contributed by atoms with Gasteiger partial charge in [0.05, 0.1) is 12.8 Å². The lowest BCUT2D eigenvalue weighted by Gasteiger charge is -2.07. The van der Waals surface area contributed by atoms with Gasteiger partial charge in [-0.15, -0.1) is 0 Å². The van der Waals surface area contributed by atoms with Crippen LogP contribution in [0.25, 0.3) is 0 Å². The lowest BCUT2D eigenvalue weighted by molar-refractivity contribution is -0.166. The van der Waals surface area contributed by atoms with E-state index in [4.69, 9.17) is 9.47 Å². The third kappa shape index (κ3) is 13.9. The molecule has 0 fully saturated rings. The molecule has 112 valence electrons. The number of rotatable bonds is 10. The van der Waals surface area contributed by atoms with Crippen LogP contribution in [0.2, 0.25) is 0 Å². The van der Waals surface area contributed by atoms with E-state index in [2.05, 4.69) is 27.7 Å². The van der Waals surface area contributed by atoms with Crippen LogP contribution < -0.4 is 0 Å². The molecular weight excluding hydrogens is 284 g/mol. The van der Waals surface area contributed by atoms with Gasteiger partial charge in [-0.3, -0.25) is 9.59 Å². The number of esters is 2. The molecule has 0 saturated carbocycles. The maximum absolute atomic E-state index is 11.3. The highest BCUT2D eigenvalue weighted by molar-refractivity contribution is 8.00. The highest BCUT2D eigenvalue weighted by atomic mass is 32.2. The zero-order chi connectivity index (χ0) is 14.7. The van der Waals surface area contributed by atoms with Gasteiger partial charge in [-0.2, -0.15) is 23.5 Å². The van der Waals surface area contributed by atoms with Crippen LogP contribution in [0.1, 0.15) is 40.5 Å². The molecule has 0 aromatic carbocycles. The molecule has 0 atom stereocenters. The highest BCUT2D eigenvalue weighted by Gasteiger charge is 2.07. The van der Waals surface area contributed by atoms with E-state index in [1.165, 1.54) is 0 Å². The van der Waals surface area contributed by atoms with Crippen LogP contribution in [0.5, 0.6) is 0 Å². The zero-order valence-electron chi connectivity index (χ0n) is 12.1. The molecule has 0 spiro atoms. The van der Waals surface area contributed by atoms with E-state index in [0.717, 1.165) is 11.5 Å². The molecule has 0 rings (SSSR count). The minimum atomic E-state index is -0.322. The predicted octanol–water partition coefficient (Wildman–Crippen LogP) is 3.09. The summed E-state index contributed by atoms with van der Waals surface area (Å²) in [6, 6.07) is 0. The van der Waals surface area contributed by atoms with Crippen molar-refractivity contribution in [2.24, 2.45) is 0 Å². The Morgan fingerprint density at radius 2 is 1.21 bits per heavy atom. The first-order valence-corrected chi connectivity index (χ1v) is 8.56. The number of carbonyl (C=O) groups is 2. The monoisotopic (exact) mass is 308 g/mol. The van der Waals surface area contributed by atoms with E-state index < -0.39 is 0 Å². The average molecular weight is 308 g/mol. The number of hydrogen-bond donors (Lipinski definition) is 0. The topological polar surface area (TPSA) is 52.6 Å². The van der Waals surface area contributed by atoms with E-state index in [1.54, 1.807) is 23.5 Å². The van der Waals surface area contributed by atoms with Crippen molar-refractivity contribution in [1.82, 2.24) is 0 Å². The van der Waals surface area contributed by atoms with Crippen molar-refractivity contribution >= 4 is 35.5 Å². The minimum absolute atomic E-state index is 0.268. The molecule has 0 aliphatic heterocycles. The van der Waals surface area contributed by atoms with Gasteiger partial charge in [0.25, 0.3) is 0 Å². The maximum Gasteiger partial charge on any atom is 0.309 e. The van der Waals surface area contributed by atoms with Crippen LogP contribution in [-0.4, -0.2) is 40.7 Å². The molecule has 0 bridgehead atoms. The van der Waals surface area contributed by atoms with Gasteiger partial charge in [-0.25, -0.2) is 0 Å². The molecule has 0 aromatic rings. The lowest BCUT2D eigenvalue weighted by atomic mass is 10.5. The molecule has 0 heterocycles. The van der Waals surface area contributed by atoms with Gasteiger partial charge in [0.1, 0.15) is 0 Å². The smallest absolute Gasteiger partial charge is 0.309 e. The van der Waals surface area contributed by atoms with Crippen LogP contribution >= 0.6 is 23.5 Å². The summed E-state index contributed by atoms with van der Waals surface area (Å²) in [7, 11) is 0. The van der Waals surface area contributed by atoms with E-state index in [9.17, 15) is 9.59 Å². The number of thioether (sulfide) groups is 2. The second-order valence-electron chi connectivity index (χ2n) is 4.49. The molecule has 0 amide bonds. The summed E-state index contributed by atoms with van der Waals surface area (Å²) in [4.78, 5) is 22.6. The molecule has 19 heavy (non-hydrogen) atoms. The van der Waals surface area contributed by atoms with Crippen molar-refractivity contribution in [2.45, 2.75) is 51.0 Å². The second-order valence-corrected chi connectivity index (χ2v) is 7.86. The van der Waals surface area contributed by atoms with Crippen LogP contribution in [-0.2, 0) is 19.1 Å².